The van der Waals surface area contributed by atoms with Crippen LogP contribution in [-0.2, 0) is 26.4 Å². The second-order valence-corrected chi connectivity index (χ2v) is 6.66. The normalized spacial score (nSPS) is 15.5. The molecule has 1 atom stereocenters. The monoisotopic (exact) mass is 341 g/mol. The molecule has 0 radical (unpaired) electrons. The van der Waals surface area contributed by atoms with E-state index < -0.39 is 11.1 Å². The second kappa shape index (κ2) is 6.71. The maximum atomic E-state index is 12.2. The van der Waals surface area contributed by atoms with E-state index in [0.717, 1.165) is 33.4 Å². The SMILES string of the molecule is Cc1c(CS(=O)[O-])ccc(C2=C(c3ccccc3)C(=O)OC2)c1C. The molecule has 1 unspecified atom stereocenters. The molecule has 0 spiro atoms. The first kappa shape index (κ1) is 16.6. The van der Waals surface area contributed by atoms with Gasteiger partial charge in [-0.1, -0.05) is 53.5 Å². The average molecular weight is 341 g/mol. The van der Waals surface area contributed by atoms with E-state index in [2.05, 4.69) is 0 Å². The van der Waals surface area contributed by atoms with Crippen LogP contribution in [-0.4, -0.2) is 21.3 Å². The molecule has 0 amide bonds. The van der Waals surface area contributed by atoms with Crippen molar-refractivity contribution in [1.82, 2.24) is 0 Å². The van der Waals surface area contributed by atoms with E-state index in [1.165, 1.54) is 0 Å². The summed E-state index contributed by atoms with van der Waals surface area (Å²) in [6, 6.07) is 13.1. The molecule has 0 saturated carbocycles. The van der Waals surface area contributed by atoms with Crippen molar-refractivity contribution < 1.29 is 18.3 Å². The van der Waals surface area contributed by atoms with E-state index in [1.807, 2.05) is 56.3 Å². The van der Waals surface area contributed by atoms with Gasteiger partial charge in [0.25, 0.3) is 0 Å². The Hall–Kier alpha value is -2.24. The van der Waals surface area contributed by atoms with Crippen molar-refractivity contribution in [2.24, 2.45) is 0 Å². The van der Waals surface area contributed by atoms with Crippen molar-refractivity contribution in [3.05, 3.63) is 70.3 Å². The van der Waals surface area contributed by atoms with Gasteiger partial charge in [-0.25, -0.2) is 4.79 Å². The zero-order valence-corrected chi connectivity index (χ0v) is 14.3. The minimum atomic E-state index is -2.13. The molecule has 0 bridgehead atoms. The van der Waals surface area contributed by atoms with E-state index in [4.69, 9.17) is 4.74 Å². The fraction of sp³-hybridized carbons (Fsp3) is 0.211. The van der Waals surface area contributed by atoms with Crippen LogP contribution in [0.4, 0.5) is 0 Å². The first-order valence-electron chi connectivity index (χ1n) is 7.60. The third-order valence-corrected chi connectivity index (χ3v) is 4.96. The number of rotatable bonds is 4. The maximum Gasteiger partial charge on any atom is 0.339 e. The van der Waals surface area contributed by atoms with Gasteiger partial charge in [0, 0.05) is 11.3 Å². The Morgan fingerprint density at radius 1 is 1.08 bits per heavy atom. The lowest BCUT2D eigenvalue weighted by atomic mass is 9.90. The molecule has 0 fully saturated rings. The van der Waals surface area contributed by atoms with Crippen LogP contribution in [0.3, 0.4) is 0 Å². The van der Waals surface area contributed by atoms with Crippen LogP contribution in [0.15, 0.2) is 42.5 Å². The molecule has 3 rings (SSSR count). The lowest BCUT2D eigenvalue weighted by Crippen LogP contribution is -2.02. The molecule has 0 aromatic heterocycles. The number of carbonyl (C=O) groups excluding carboxylic acids is 1. The Morgan fingerprint density at radius 3 is 2.46 bits per heavy atom. The highest BCUT2D eigenvalue weighted by Crippen LogP contribution is 2.35. The van der Waals surface area contributed by atoms with Crippen LogP contribution >= 0.6 is 0 Å². The Bertz CT molecular complexity index is 853. The van der Waals surface area contributed by atoms with Crippen molar-refractivity contribution in [2.45, 2.75) is 19.6 Å². The van der Waals surface area contributed by atoms with Gasteiger partial charge in [-0.05, 0) is 41.7 Å². The first-order valence-corrected chi connectivity index (χ1v) is 8.84. The fourth-order valence-corrected chi connectivity index (χ4v) is 3.57. The number of carbonyl (C=O) groups is 1. The molecule has 0 aliphatic carbocycles. The van der Waals surface area contributed by atoms with Crippen molar-refractivity contribution >= 4 is 28.2 Å². The highest BCUT2D eigenvalue weighted by Gasteiger charge is 2.28. The van der Waals surface area contributed by atoms with Gasteiger partial charge in [-0.2, -0.15) is 0 Å². The predicted molar refractivity (Wildman–Crippen MR) is 92.8 cm³/mol. The van der Waals surface area contributed by atoms with Crippen LogP contribution in [0.25, 0.3) is 11.1 Å². The van der Waals surface area contributed by atoms with Gasteiger partial charge in [0.15, 0.2) is 0 Å². The van der Waals surface area contributed by atoms with Gasteiger partial charge in [0.1, 0.15) is 6.61 Å². The molecule has 5 heteroatoms. The summed E-state index contributed by atoms with van der Waals surface area (Å²) in [5.74, 6) is -0.328. The lowest BCUT2D eigenvalue weighted by Gasteiger charge is -2.15. The van der Waals surface area contributed by atoms with Crippen LogP contribution in [0.5, 0.6) is 0 Å². The van der Waals surface area contributed by atoms with Gasteiger partial charge in [0.2, 0.25) is 0 Å². The summed E-state index contributed by atoms with van der Waals surface area (Å²) in [4.78, 5) is 12.2. The molecule has 2 aromatic carbocycles. The van der Waals surface area contributed by atoms with Crippen molar-refractivity contribution in [1.29, 1.82) is 0 Å². The second-order valence-electron chi connectivity index (χ2n) is 5.77. The topological polar surface area (TPSA) is 66.4 Å². The van der Waals surface area contributed by atoms with E-state index >= 15 is 0 Å². The molecule has 2 aromatic rings. The number of benzene rings is 2. The highest BCUT2D eigenvalue weighted by molar-refractivity contribution is 7.78. The summed E-state index contributed by atoms with van der Waals surface area (Å²) in [5.41, 5.74) is 5.86. The van der Waals surface area contributed by atoms with Crippen LogP contribution in [0.2, 0.25) is 0 Å². The first-order chi connectivity index (χ1) is 11.5. The number of esters is 1. The number of hydrogen-bond donors (Lipinski definition) is 0. The van der Waals surface area contributed by atoms with E-state index in [0.29, 0.717) is 5.57 Å². The molecule has 1 aliphatic heterocycles. The number of hydrogen-bond acceptors (Lipinski definition) is 4. The van der Waals surface area contributed by atoms with Crippen LogP contribution in [0.1, 0.15) is 27.8 Å². The lowest BCUT2D eigenvalue weighted by molar-refractivity contribution is -0.133. The third-order valence-electron chi connectivity index (χ3n) is 4.41. The van der Waals surface area contributed by atoms with Gasteiger partial charge in [-0.3, -0.25) is 4.21 Å². The number of cyclic esters (lactones) is 1. The van der Waals surface area contributed by atoms with Crippen molar-refractivity contribution in [3.63, 3.8) is 0 Å². The van der Waals surface area contributed by atoms with E-state index in [-0.39, 0.29) is 18.3 Å². The summed E-state index contributed by atoms with van der Waals surface area (Å²) in [5, 5.41) is 0. The zero-order chi connectivity index (χ0) is 17.3. The standard InChI is InChI=1S/C19H18O4S/c1-12-13(2)16(9-8-15(12)11-24(21)22)17-10-23-19(20)18(17)14-6-4-3-5-7-14/h3-9H,10-11H2,1-2H3,(H,21,22)/p-1. The summed E-state index contributed by atoms with van der Waals surface area (Å²) in [6.45, 7) is 4.08. The summed E-state index contributed by atoms with van der Waals surface area (Å²) in [7, 11) is 0. The smallest absolute Gasteiger partial charge is 0.339 e. The summed E-state index contributed by atoms with van der Waals surface area (Å²) >= 11 is -2.13. The minimum Gasteiger partial charge on any atom is -0.772 e. The third kappa shape index (κ3) is 3.05. The molecule has 0 N–H and O–H groups in total. The van der Waals surface area contributed by atoms with Gasteiger partial charge in [-0.15, -0.1) is 0 Å². The quantitative estimate of drug-likeness (QED) is 0.633. The molecule has 4 nitrogen and oxygen atoms in total. The molecule has 24 heavy (non-hydrogen) atoms. The average Bonchev–Trinajstić information content (AvgIpc) is 2.94. The van der Waals surface area contributed by atoms with E-state index in [1.54, 1.807) is 0 Å². The predicted octanol–water partition coefficient (Wildman–Crippen LogP) is 3.15. The molecule has 1 aliphatic rings. The Labute approximate surface area is 143 Å². The Morgan fingerprint density at radius 2 is 1.79 bits per heavy atom. The number of ether oxygens (including phenoxy) is 1. The summed E-state index contributed by atoms with van der Waals surface area (Å²) < 4.78 is 27.2. The largest absolute Gasteiger partial charge is 0.772 e. The minimum absolute atomic E-state index is 0.00697. The van der Waals surface area contributed by atoms with E-state index in [9.17, 15) is 13.6 Å². The highest BCUT2D eigenvalue weighted by atomic mass is 32.2. The van der Waals surface area contributed by atoms with Gasteiger partial charge in [0.05, 0.1) is 5.57 Å². The molecular weight excluding hydrogens is 324 g/mol. The zero-order valence-electron chi connectivity index (χ0n) is 13.5. The van der Waals surface area contributed by atoms with Gasteiger partial charge >= 0.3 is 5.97 Å². The molecule has 0 saturated heterocycles. The van der Waals surface area contributed by atoms with Crippen LogP contribution in [0, 0.1) is 13.8 Å². The molecule has 124 valence electrons. The van der Waals surface area contributed by atoms with Crippen molar-refractivity contribution in [2.75, 3.05) is 6.61 Å². The fourth-order valence-electron chi connectivity index (χ4n) is 3.00. The summed E-state index contributed by atoms with van der Waals surface area (Å²) in [6.07, 6.45) is 0. The Balaban J connectivity index is 2.13. The molecular formula is C19H17O4S-. The molecule has 1 heterocycles. The van der Waals surface area contributed by atoms with Gasteiger partial charge < -0.3 is 9.29 Å². The van der Waals surface area contributed by atoms with Crippen LogP contribution < -0.4 is 0 Å². The van der Waals surface area contributed by atoms with Crippen molar-refractivity contribution in [3.8, 4) is 0 Å². The Kier molecular flexibility index (Phi) is 4.64. The maximum absolute atomic E-state index is 12.2.